The highest BCUT2D eigenvalue weighted by atomic mass is 79.9. The number of aryl methyl sites for hydroxylation is 1. The number of carbonyl (C=O) groups is 2. The van der Waals surface area contributed by atoms with Crippen molar-refractivity contribution in [3.63, 3.8) is 0 Å². The molecule has 0 saturated carbocycles. The molecule has 156 valence electrons. The highest BCUT2D eigenvalue weighted by Crippen LogP contribution is 2.19. The number of benzene rings is 2. The predicted molar refractivity (Wildman–Crippen MR) is 116 cm³/mol. The molecule has 0 bridgehead atoms. The molecule has 0 aliphatic heterocycles. The first-order valence-corrected chi connectivity index (χ1v) is 10.3. The molecule has 30 heavy (non-hydrogen) atoms. The molecule has 0 unspecified atom stereocenters. The van der Waals surface area contributed by atoms with E-state index in [1.165, 1.54) is 11.6 Å². The van der Waals surface area contributed by atoms with Crippen LogP contribution < -0.4 is 21.2 Å². The van der Waals surface area contributed by atoms with Crippen LogP contribution in [0.3, 0.4) is 0 Å². The van der Waals surface area contributed by atoms with Gasteiger partial charge in [0.1, 0.15) is 16.9 Å². The molecule has 3 aromatic rings. The Hall–Kier alpha value is -3.13. The Kier molecular flexibility index (Phi) is 7.24. The van der Waals surface area contributed by atoms with Crippen LogP contribution in [-0.4, -0.2) is 18.4 Å². The highest BCUT2D eigenvalue weighted by Gasteiger charge is 2.15. The Balaban J connectivity index is 1.53. The van der Waals surface area contributed by atoms with Crippen molar-refractivity contribution in [1.29, 1.82) is 0 Å². The fourth-order valence-electron chi connectivity index (χ4n) is 2.76. The van der Waals surface area contributed by atoms with Crippen LogP contribution in [0.25, 0.3) is 11.0 Å². The zero-order chi connectivity index (χ0) is 21.5. The van der Waals surface area contributed by atoms with Crippen LogP contribution in [-0.2, 0) is 11.2 Å². The molecule has 3 rings (SSSR count). The van der Waals surface area contributed by atoms with E-state index in [1.807, 2.05) is 12.1 Å². The third-order valence-electron chi connectivity index (χ3n) is 4.37. The number of nitrogens with one attached hydrogen (secondary N) is 2. The van der Waals surface area contributed by atoms with Crippen LogP contribution in [0.2, 0.25) is 0 Å². The van der Waals surface area contributed by atoms with Crippen LogP contribution in [0, 0.1) is 0 Å². The molecule has 2 amide bonds. The average molecular weight is 473 g/mol. The van der Waals surface area contributed by atoms with E-state index in [9.17, 15) is 14.4 Å². The largest absolute Gasteiger partial charge is 0.484 e. The van der Waals surface area contributed by atoms with Crippen molar-refractivity contribution in [3.05, 3.63) is 74.6 Å². The summed E-state index contributed by atoms with van der Waals surface area (Å²) >= 11 is 3.32. The lowest BCUT2D eigenvalue weighted by atomic mass is 10.1. The molecule has 0 radical (unpaired) electrons. The van der Waals surface area contributed by atoms with E-state index in [0.717, 1.165) is 23.7 Å². The average Bonchev–Trinajstić information content (AvgIpc) is 2.75. The molecule has 0 aliphatic rings. The summed E-state index contributed by atoms with van der Waals surface area (Å²) in [6, 6.07) is 14.0. The number of carbonyl (C=O) groups excluding carboxylic acids is 2. The minimum Gasteiger partial charge on any atom is -0.484 e. The van der Waals surface area contributed by atoms with E-state index in [0.29, 0.717) is 16.7 Å². The van der Waals surface area contributed by atoms with Gasteiger partial charge in [0, 0.05) is 9.86 Å². The van der Waals surface area contributed by atoms with Gasteiger partial charge in [0.05, 0.1) is 0 Å². The van der Waals surface area contributed by atoms with Crippen LogP contribution >= 0.6 is 15.9 Å². The summed E-state index contributed by atoms with van der Waals surface area (Å²) in [5, 5.41) is 0.575. The third kappa shape index (κ3) is 5.70. The summed E-state index contributed by atoms with van der Waals surface area (Å²) in [5.41, 5.74) is 4.98. The lowest BCUT2D eigenvalue weighted by Gasteiger charge is -2.09. The molecule has 0 aliphatic carbocycles. The Morgan fingerprint density at radius 3 is 2.57 bits per heavy atom. The van der Waals surface area contributed by atoms with Gasteiger partial charge in [0.2, 0.25) is 0 Å². The van der Waals surface area contributed by atoms with Crippen LogP contribution in [0.15, 0.2) is 62.2 Å². The number of rotatable bonds is 7. The van der Waals surface area contributed by atoms with Gasteiger partial charge in [-0.05, 0) is 54.8 Å². The lowest BCUT2D eigenvalue weighted by molar-refractivity contribution is -0.123. The van der Waals surface area contributed by atoms with E-state index in [2.05, 4.69) is 33.7 Å². The van der Waals surface area contributed by atoms with Crippen molar-refractivity contribution in [2.24, 2.45) is 0 Å². The maximum absolute atomic E-state index is 12.3. The van der Waals surface area contributed by atoms with E-state index in [1.54, 1.807) is 30.3 Å². The molecular weight excluding hydrogens is 452 g/mol. The van der Waals surface area contributed by atoms with Gasteiger partial charge in [0.15, 0.2) is 6.61 Å². The maximum Gasteiger partial charge on any atom is 0.349 e. The molecule has 2 N–H and O–H groups in total. The van der Waals surface area contributed by atoms with Crippen molar-refractivity contribution >= 4 is 38.7 Å². The number of ether oxygens (including phenoxy) is 1. The van der Waals surface area contributed by atoms with Crippen LogP contribution in [0.4, 0.5) is 0 Å². The number of hydrazine groups is 1. The van der Waals surface area contributed by atoms with Gasteiger partial charge in [-0.2, -0.15) is 0 Å². The lowest BCUT2D eigenvalue weighted by Crippen LogP contribution is -2.45. The molecular formula is C22H21BrN2O5. The van der Waals surface area contributed by atoms with Gasteiger partial charge in [-0.3, -0.25) is 20.4 Å². The van der Waals surface area contributed by atoms with Gasteiger partial charge in [-0.1, -0.05) is 41.4 Å². The van der Waals surface area contributed by atoms with E-state index in [-0.39, 0.29) is 12.2 Å². The molecule has 7 nitrogen and oxygen atoms in total. The summed E-state index contributed by atoms with van der Waals surface area (Å²) in [7, 11) is 0. The van der Waals surface area contributed by atoms with Crippen LogP contribution in [0.1, 0.15) is 35.7 Å². The zero-order valence-electron chi connectivity index (χ0n) is 16.4. The second-order valence-corrected chi connectivity index (χ2v) is 7.58. The molecule has 0 fully saturated rings. The summed E-state index contributed by atoms with van der Waals surface area (Å²) in [5.74, 6) is -0.789. The molecule has 1 heterocycles. The molecule has 1 aromatic heterocycles. The zero-order valence-corrected chi connectivity index (χ0v) is 18.0. The van der Waals surface area contributed by atoms with Gasteiger partial charge < -0.3 is 9.15 Å². The summed E-state index contributed by atoms with van der Waals surface area (Å²) in [6.07, 6.45) is 3.25. The minimum atomic E-state index is -0.795. The predicted octanol–water partition coefficient (Wildman–Crippen LogP) is 3.74. The van der Waals surface area contributed by atoms with Crippen molar-refractivity contribution in [1.82, 2.24) is 10.9 Å². The molecule has 0 atom stereocenters. The van der Waals surface area contributed by atoms with Crippen molar-refractivity contribution in [2.45, 2.75) is 26.2 Å². The fourth-order valence-corrected chi connectivity index (χ4v) is 3.14. The summed E-state index contributed by atoms with van der Waals surface area (Å²) in [4.78, 5) is 36.2. The first-order valence-electron chi connectivity index (χ1n) is 9.50. The second kappa shape index (κ2) is 10.1. The molecule has 0 spiro atoms. The van der Waals surface area contributed by atoms with E-state index >= 15 is 0 Å². The van der Waals surface area contributed by atoms with Gasteiger partial charge in [-0.25, -0.2) is 4.79 Å². The third-order valence-corrected chi connectivity index (χ3v) is 4.86. The van der Waals surface area contributed by atoms with Gasteiger partial charge in [0.25, 0.3) is 11.8 Å². The fraction of sp³-hybridized carbons (Fsp3) is 0.227. The van der Waals surface area contributed by atoms with E-state index in [4.69, 9.17) is 9.15 Å². The number of amides is 2. The molecule has 8 heteroatoms. The Morgan fingerprint density at radius 2 is 1.83 bits per heavy atom. The number of hydrogen-bond donors (Lipinski definition) is 2. The Labute approximate surface area is 181 Å². The number of hydrogen-bond acceptors (Lipinski definition) is 5. The highest BCUT2D eigenvalue weighted by molar-refractivity contribution is 9.10. The van der Waals surface area contributed by atoms with Gasteiger partial charge >= 0.3 is 5.63 Å². The SMILES string of the molecule is CCCCc1ccc(OCC(=O)NNC(=O)c2cc3cc(Br)ccc3oc2=O)cc1. The van der Waals surface area contributed by atoms with Gasteiger partial charge in [-0.15, -0.1) is 0 Å². The normalized spacial score (nSPS) is 10.6. The Bertz CT molecular complexity index is 1110. The monoisotopic (exact) mass is 472 g/mol. The quantitative estimate of drug-likeness (QED) is 0.403. The second-order valence-electron chi connectivity index (χ2n) is 6.67. The number of fused-ring (bicyclic) bond motifs is 1. The smallest absolute Gasteiger partial charge is 0.349 e. The number of unbranched alkanes of at least 4 members (excludes halogenated alkanes) is 1. The first kappa shape index (κ1) is 21.6. The maximum atomic E-state index is 12.3. The van der Waals surface area contributed by atoms with Crippen molar-refractivity contribution in [3.8, 4) is 5.75 Å². The summed E-state index contributed by atoms with van der Waals surface area (Å²) < 4.78 is 11.3. The standard InChI is InChI=1S/C22H21BrN2O5/c1-2-3-4-14-5-8-17(9-6-14)29-13-20(26)24-25-21(27)18-12-15-11-16(23)7-10-19(15)30-22(18)28/h5-12H,2-4,13H2,1H3,(H,24,26)(H,25,27). The van der Waals surface area contributed by atoms with Crippen molar-refractivity contribution < 1.29 is 18.7 Å². The first-order chi connectivity index (χ1) is 14.5. The van der Waals surface area contributed by atoms with Crippen LogP contribution in [0.5, 0.6) is 5.75 Å². The van der Waals surface area contributed by atoms with Crippen molar-refractivity contribution in [2.75, 3.05) is 6.61 Å². The molecule has 2 aromatic carbocycles. The topological polar surface area (TPSA) is 97.6 Å². The summed E-state index contributed by atoms with van der Waals surface area (Å²) in [6.45, 7) is 1.86. The van der Waals surface area contributed by atoms with E-state index < -0.39 is 17.4 Å². The number of halogens is 1. The Morgan fingerprint density at radius 1 is 1.07 bits per heavy atom. The molecule has 0 saturated heterocycles. The minimum absolute atomic E-state index is 0.218.